The number of rotatable bonds is 16. The fraction of sp³-hybridized carbons (Fsp3) is 0.409. The number of hydrogen-bond acceptors (Lipinski definition) is 9. The highest BCUT2D eigenvalue weighted by atomic mass is 35.5. The maximum Gasteiger partial charge on any atom is 0.435 e. The Hall–Kier alpha value is -6.31. The van der Waals surface area contributed by atoms with Gasteiger partial charge in [-0.15, -0.1) is 0 Å². The average molecular weight is 1100 g/mol. The number of pyridine rings is 1. The molecule has 2 aliphatic carbocycles. The third-order valence-electron chi connectivity index (χ3n) is 12.0. The smallest absolute Gasteiger partial charge is 0.435 e. The minimum absolute atomic E-state index is 0.180. The predicted molar refractivity (Wildman–Crippen MR) is 239 cm³/mol. The Morgan fingerprint density at radius 2 is 1.67 bits per heavy atom. The third kappa shape index (κ3) is 11.7. The molecule has 0 spiro atoms. The number of carbonyl (C=O) groups excluding carboxylic acids is 2. The number of amides is 3. The normalized spacial score (nSPS) is 17.0. The number of fused-ring (bicyclic) bond motifs is 4. The number of carbonyl (C=O) groups is 3. The molecule has 392 valence electrons. The highest BCUT2D eigenvalue weighted by molar-refractivity contribution is 7.92. The van der Waals surface area contributed by atoms with E-state index in [1.807, 2.05) is 5.32 Å². The molecule has 2 aliphatic rings. The number of sulfone groups is 1. The maximum atomic E-state index is 15.6. The molecule has 4 atom stereocenters. The van der Waals surface area contributed by atoms with Crippen LogP contribution in [0.15, 0.2) is 42.5 Å². The zero-order chi connectivity index (χ0) is 53.9. The summed E-state index contributed by atoms with van der Waals surface area (Å²) in [5.74, 6) is -6.08. The summed E-state index contributed by atoms with van der Waals surface area (Å²) < 4.78 is 194. The lowest BCUT2D eigenvalue weighted by molar-refractivity contribution is -0.143. The first-order valence-corrected chi connectivity index (χ1v) is 24.8. The van der Waals surface area contributed by atoms with Crippen LogP contribution in [-0.4, -0.2) is 92.8 Å². The van der Waals surface area contributed by atoms with Crippen LogP contribution in [0, 0.1) is 29.4 Å². The summed E-state index contributed by atoms with van der Waals surface area (Å²) in [6.45, 7) is -1.93. The molecule has 1 saturated carbocycles. The van der Waals surface area contributed by atoms with Crippen LogP contribution in [0.2, 0.25) is 5.02 Å². The zero-order valence-corrected chi connectivity index (χ0v) is 40.3. The highest BCUT2D eigenvalue weighted by Crippen LogP contribution is 2.68. The Labute approximate surface area is 414 Å². The van der Waals surface area contributed by atoms with E-state index in [-0.39, 0.29) is 56.9 Å². The van der Waals surface area contributed by atoms with Gasteiger partial charge in [-0.1, -0.05) is 23.6 Å². The van der Waals surface area contributed by atoms with Crippen LogP contribution in [-0.2, 0) is 68.8 Å². The summed E-state index contributed by atoms with van der Waals surface area (Å²) in [5.41, 5.74) is -6.00. The van der Waals surface area contributed by atoms with Crippen LogP contribution in [0.1, 0.15) is 84.7 Å². The molecule has 7 rings (SSSR count). The van der Waals surface area contributed by atoms with Crippen LogP contribution in [0.25, 0.3) is 22.0 Å². The third-order valence-corrected chi connectivity index (χ3v) is 15.0. The summed E-state index contributed by atoms with van der Waals surface area (Å²) in [5, 5.41) is 20.0. The molecule has 1 fully saturated rings. The van der Waals surface area contributed by atoms with Gasteiger partial charge in [0.1, 0.15) is 40.9 Å². The monoisotopic (exact) mass is 1100 g/mol. The van der Waals surface area contributed by atoms with Crippen molar-refractivity contribution >= 4 is 61.5 Å². The molecule has 16 nitrogen and oxygen atoms in total. The molecule has 4 N–H and O–H groups in total. The molecular formula is C44H39ClF10N8O8S2. The number of nitrogens with zero attached hydrogens (tertiary/aromatic N) is 6. The molecule has 3 amide bonds. The summed E-state index contributed by atoms with van der Waals surface area (Å²) in [6, 6.07) is 5.01. The van der Waals surface area contributed by atoms with Gasteiger partial charge in [0, 0.05) is 53.3 Å². The molecule has 29 heteroatoms. The molecule has 0 radical (unpaired) electrons. The van der Waals surface area contributed by atoms with Crippen LogP contribution < -0.4 is 10.6 Å². The summed E-state index contributed by atoms with van der Waals surface area (Å²) in [6.07, 6.45) is -12.5. The maximum absolute atomic E-state index is 15.6. The van der Waals surface area contributed by atoms with Gasteiger partial charge in [0.15, 0.2) is 15.5 Å². The molecule has 0 bridgehead atoms. The number of carboxylic acid groups (broad SMARTS) is 1. The van der Waals surface area contributed by atoms with Crippen molar-refractivity contribution in [2.24, 2.45) is 5.92 Å². The van der Waals surface area contributed by atoms with E-state index < -0.39 is 158 Å². The van der Waals surface area contributed by atoms with Gasteiger partial charge in [-0.3, -0.25) is 23.5 Å². The molecule has 5 aromatic rings. The Bertz CT molecular complexity index is 3240. The fourth-order valence-electron chi connectivity index (χ4n) is 8.39. The minimum Gasteiger partial charge on any atom is -0.465 e. The fourth-order valence-corrected chi connectivity index (χ4v) is 9.38. The second kappa shape index (κ2) is 19.8. The van der Waals surface area contributed by atoms with Gasteiger partial charge in [0.25, 0.3) is 17.2 Å². The van der Waals surface area contributed by atoms with Crippen LogP contribution in [0.3, 0.4) is 0 Å². The summed E-state index contributed by atoms with van der Waals surface area (Å²) in [4.78, 5) is 42.7. The van der Waals surface area contributed by atoms with Crippen molar-refractivity contribution < 1.29 is 80.6 Å². The Morgan fingerprint density at radius 1 is 1.01 bits per heavy atom. The first-order chi connectivity index (χ1) is 33.8. The van der Waals surface area contributed by atoms with E-state index >= 15 is 8.78 Å². The van der Waals surface area contributed by atoms with E-state index in [9.17, 15) is 66.7 Å². The minimum atomic E-state index is -5.22. The summed E-state index contributed by atoms with van der Waals surface area (Å²) in [7, 11) is -3.90. The SMILES string of the molecule is CC(C)(C#Cc1ccc(-c2ccc(Cl)c3c(CN(C(=O)CCCNC(=O)O)S(=O)O)nn(CC(F)(F)F)c23)c(C(Cc2cc(F)cc(F)c2)NC(=O)Cn2nc(C(F)(F)F)c3c2C(F)(F)[C@@H]2C[C@H]32)n1)S(C)(=O)=O. The second-order valence-electron chi connectivity index (χ2n) is 17.6. The Kier molecular flexibility index (Phi) is 14.8. The standard InChI is InChI=1S/C44H39ClF10N8O8S2/c1-41(2,73(3,70)71)11-10-24-6-7-25(26-8-9-29(45)35-31(59-62(37(26)35)20-42(48,49)50)18-63(72(68)69)33(65)5-4-12-56-40(66)67)36(57-24)30(15-21-13-22(46)16-23(47)14-21)58-32(64)19-61-39-34(38(60-61)44(53,54)55)27-17-28(27)43(39,51)52/h6-9,13-14,16,27-28,30,56H,4-5,12,15,17-20H2,1-3H3,(H,58,64)(H,66,67)(H,68,69)/t27-,28+,30?/m0/s1. The van der Waals surface area contributed by atoms with Crippen molar-refractivity contribution in [3.63, 3.8) is 0 Å². The number of hydrogen-bond donors (Lipinski definition) is 4. The van der Waals surface area contributed by atoms with Crippen LogP contribution in [0.5, 0.6) is 0 Å². The van der Waals surface area contributed by atoms with Crippen molar-refractivity contribution in [2.75, 3.05) is 12.8 Å². The molecule has 2 unspecified atom stereocenters. The molecule has 0 saturated heterocycles. The zero-order valence-electron chi connectivity index (χ0n) is 37.9. The van der Waals surface area contributed by atoms with Crippen molar-refractivity contribution in [1.82, 2.24) is 39.5 Å². The number of alkyl halides is 8. The molecular weight excluding hydrogens is 1060 g/mol. The van der Waals surface area contributed by atoms with Crippen molar-refractivity contribution in [3.05, 3.63) is 98.7 Å². The number of benzene rings is 2. The topological polar surface area (TPSA) is 219 Å². The van der Waals surface area contributed by atoms with Crippen LogP contribution in [0.4, 0.5) is 48.7 Å². The first kappa shape index (κ1) is 54.5. The second-order valence-corrected chi connectivity index (χ2v) is 21.5. The van der Waals surface area contributed by atoms with Gasteiger partial charge in [0.2, 0.25) is 11.8 Å². The van der Waals surface area contributed by atoms with E-state index in [1.54, 1.807) is 0 Å². The van der Waals surface area contributed by atoms with Gasteiger partial charge < -0.3 is 15.7 Å². The Morgan fingerprint density at radius 3 is 2.27 bits per heavy atom. The van der Waals surface area contributed by atoms with Gasteiger partial charge in [-0.05, 0) is 80.8 Å². The lowest BCUT2D eigenvalue weighted by Crippen LogP contribution is -2.35. The average Bonchev–Trinajstić information content (AvgIpc) is 3.77. The lowest BCUT2D eigenvalue weighted by atomic mass is 9.93. The highest BCUT2D eigenvalue weighted by Gasteiger charge is 2.68. The molecule has 0 aliphatic heterocycles. The van der Waals surface area contributed by atoms with Gasteiger partial charge in [0.05, 0.1) is 34.5 Å². The van der Waals surface area contributed by atoms with E-state index in [4.69, 9.17) is 16.7 Å². The lowest BCUT2D eigenvalue weighted by Gasteiger charge is -2.23. The molecule has 3 heterocycles. The van der Waals surface area contributed by atoms with Crippen molar-refractivity contribution in [3.8, 4) is 23.0 Å². The quantitative estimate of drug-likeness (QED) is 0.0323. The van der Waals surface area contributed by atoms with E-state index in [2.05, 4.69) is 32.3 Å². The van der Waals surface area contributed by atoms with E-state index in [0.29, 0.717) is 15.1 Å². The Balaban J connectivity index is 1.43. The van der Waals surface area contributed by atoms with Crippen LogP contribution >= 0.6 is 11.6 Å². The molecule has 3 aromatic heterocycles. The van der Waals surface area contributed by atoms with Gasteiger partial charge in [-0.25, -0.2) is 35.5 Å². The van der Waals surface area contributed by atoms with E-state index in [0.717, 1.165) is 30.5 Å². The van der Waals surface area contributed by atoms with E-state index in [1.165, 1.54) is 26.0 Å². The number of halogens is 11. The molecule has 2 aromatic carbocycles. The predicted octanol–water partition coefficient (Wildman–Crippen LogP) is 7.80. The van der Waals surface area contributed by atoms with Gasteiger partial charge in [-0.2, -0.15) is 45.3 Å². The van der Waals surface area contributed by atoms with Crippen molar-refractivity contribution in [2.45, 2.75) is 94.1 Å². The summed E-state index contributed by atoms with van der Waals surface area (Å²) >= 11 is 3.48. The molecule has 73 heavy (non-hydrogen) atoms. The van der Waals surface area contributed by atoms with Gasteiger partial charge >= 0.3 is 18.4 Å². The number of nitrogens with one attached hydrogen (secondary N) is 2. The first-order valence-electron chi connectivity index (χ1n) is 21.4. The largest absolute Gasteiger partial charge is 0.465 e. The number of aromatic nitrogens is 5. The van der Waals surface area contributed by atoms with Crippen molar-refractivity contribution in [1.29, 1.82) is 0 Å².